The number of hydrogen-bond donors (Lipinski definition) is 0. The fourth-order valence-corrected chi connectivity index (χ4v) is 11.5. The molecule has 0 saturated carbocycles. The lowest BCUT2D eigenvalue weighted by Gasteiger charge is -2.38. The number of alkyl halides is 19. The molecule has 0 saturated heterocycles. The van der Waals surface area contributed by atoms with Crippen LogP contribution in [0.4, 0.5) is 83.4 Å². The summed E-state index contributed by atoms with van der Waals surface area (Å²) in [5.41, 5.74) is 0. The topological polar surface area (TPSA) is 55.4 Å². The van der Waals surface area contributed by atoms with Crippen LogP contribution >= 0.6 is 0 Å². The third kappa shape index (κ3) is 12.4. The van der Waals surface area contributed by atoms with Crippen molar-refractivity contribution >= 4 is 16.6 Å². The molecule has 0 aliphatic carbocycles. The van der Waals surface area contributed by atoms with Gasteiger partial charge < -0.3 is 8.85 Å². The molecule has 27 heteroatoms. The fourth-order valence-electron chi connectivity index (χ4n) is 3.08. The molecule has 0 heterocycles. The highest BCUT2D eigenvalue weighted by Crippen LogP contribution is 2.55. The molecule has 1 atom stereocenters. The van der Waals surface area contributed by atoms with E-state index in [1.165, 1.54) is 22.6 Å². The number of halogens is 19. The Morgan fingerprint density at radius 1 is 0.500 bits per heavy atom. The maximum Gasteiger partial charge on any atom is 0.495 e. The Balaban J connectivity index is 5.84. The average molecular weight is 767 g/mol. The molecular formula is C19H25F19O6Si2. The van der Waals surface area contributed by atoms with Gasteiger partial charge in [0.05, 0.1) is 6.23 Å². The molecule has 0 amide bonds. The van der Waals surface area contributed by atoms with Crippen LogP contribution in [-0.4, -0.2) is 84.5 Å². The van der Waals surface area contributed by atoms with Gasteiger partial charge in [-0.15, -0.1) is 8.78 Å². The Kier molecular flexibility index (Phi) is 13.7. The lowest BCUT2D eigenvalue weighted by molar-refractivity contribution is -0.590. The van der Waals surface area contributed by atoms with Gasteiger partial charge in [-0.25, -0.2) is 14.2 Å². The monoisotopic (exact) mass is 766 g/mol. The van der Waals surface area contributed by atoms with Crippen molar-refractivity contribution in [3.63, 3.8) is 0 Å². The van der Waals surface area contributed by atoms with Gasteiger partial charge in [0, 0.05) is 0 Å². The third-order valence-electron chi connectivity index (χ3n) is 4.85. The maximum absolute atomic E-state index is 13.8. The molecule has 0 spiro atoms. The largest absolute Gasteiger partial charge is 0.495 e. The van der Waals surface area contributed by atoms with Gasteiger partial charge in [-0.2, -0.15) is 74.6 Å². The summed E-state index contributed by atoms with van der Waals surface area (Å²) in [5.74, 6) is -8.06. The Bertz CT molecular complexity index is 989. The van der Waals surface area contributed by atoms with Crippen molar-refractivity contribution in [1.82, 2.24) is 0 Å². The summed E-state index contributed by atoms with van der Waals surface area (Å²) in [5, 5.41) is 0. The van der Waals surface area contributed by atoms with Crippen LogP contribution < -0.4 is 0 Å². The van der Waals surface area contributed by atoms with Crippen molar-refractivity contribution in [2.24, 2.45) is 0 Å². The highest BCUT2D eigenvalue weighted by molar-refractivity contribution is 6.84. The van der Waals surface area contributed by atoms with E-state index >= 15 is 0 Å². The zero-order valence-electron chi connectivity index (χ0n) is 23.7. The van der Waals surface area contributed by atoms with Gasteiger partial charge in [0.2, 0.25) is 0 Å². The Morgan fingerprint density at radius 3 is 1.37 bits per heavy atom. The molecule has 0 aliphatic rings. The number of unbranched alkanes of at least 4 members (excludes halogenated alkanes) is 1. The molecule has 6 nitrogen and oxygen atoms in total. The van der Waals surface area contributed by atoms with E-state index in [-0.39, 0.29) is 0 Å². The second kappa shape index (κ2) is 14.0. The second-order valence-electron chi connectivity index (χ2n) is 10.4. The van der Waals surface area contributed by atoms with Crippen molar-refractivity contribution in [2.45, 2.75) is 107 Å². The predicted octanol–water partition coefficient (Wildman–Crippen LogP) is 9.14. The SMILES string of the molecule is CCCC[Si](C)(C)O[Si](C)(C)COCC(F)(F)OC(F)(F)OC(F)(F)C(F)(F)OC(F)(F)C(F)(OC(F)(F)C(F)(F)F)C(F)(F)F. The molecule has 46 heavy (non-hydrogen) atoms. The van der Waals surface area contributed by atoms with Crippen LogP contribution in [0.3, 0.4) is 0 Å². The van der Waals surface area contributed by atoms with E-state index in [2.05, 4.69) is 9.47 Å². The Morgan fingerprint density at radius 2 is 0.957 bits per heavy atom. The minimum atomic E-state index is -8.07. The first-order valence-electron chi connectivity index (χ1n) is 12.0. The average Bonchev–Trinajstić information content (AvgIpc) is 2.72. The van der Waals surface area contributed by atoms with Crippen molar-refractivity contribution in [3.8, 4) is 0 Å². The Hall–Kier alpha value is -1.14. The fraction of sp³-hybridized carbons (Fsp3) is 1.00. The lowest BCUT2D eigenvalue weighted by atomic mass is 10.2. The van der Waals surface area contributed by atoms with E-state index < -0.39 is 84.5 Å². The predicted molar refractivity (Wildman–Crippen MR) is 117 cm³/mol. The van der Waals surface area contributed by atoms with Gasteiger partial charge in [0.1, 0.15) is 6.61 Å². The molecule has 0 aromatic rings. The molecule has 0 aliphatic heterocycles. The van der Waals surface area contributed by atoms with Gasteiger partial charge in [-0.1, -0.05) is 19.8 Å². The van der Waals surface area contributed by atoms with E-state index in [9.17, 15) is 83.4 Å². The van der Waals surface area contributed by atoms with Crippen molar-refractivity contribution in [2.75, 3.05) is 12.8 Å². The third-order valence-corrected chi connectivity index (χ3v) is 11.7. The van der Waals surface area contributed by atoms with Crippen molar-refractivity contribution < 1.29 is 111 Å². The lowest BCUT2D eigenvalue weighted by Crippen LogP contribution is -2.65. The normalized spacial score (nSPS) is 17.0. The van der Waals surface area contributed by atoms with Crippen LogP contribution in [0, 0.1) is 0 Å². The first kappa shape index (κ1) is 44.9. The summed E-state index contributed by atoms with van der Waals surface area (Å²) >= 11 is 0. The first-order chi connectivity index (χ1) is 19.8. The standard InChI is InChI=1S/C19H25F19O6Si2/c1-6-7-8-45(2,3)44-46(4,5)10-39-9-11(20,21)40-19(37,38)43-18(35,36)17(33,34)42-15(29,30)12(22,13(23,24)25)41-16(31,32)14(26,27)28/h6-10H2,1-5H3. The van der Waals surface area contributed by atoms with Crippen LogP contribution in [0.1, 0.15) is 19.8 Å². The highest BCUT2D eigenvalue weighted by atomic mass is 28.4. The summed E-state index contributed by atoms with van der Waals surface area (Å²) in [6, 6.07) is 0.618. The Labute approximate surface area is 248 Å². The van der Waals surface area contributed by atoms with Gasteiger partial charge in [0.15, 0.2) is 16.6 Å². The summed E-state index contributed by atoms with van der Waals surface area (Å²) < 4.78 is 268. The molecule has 0 bridgehead atoms. The second-order valence-corrected chi connectivity index (χ2v) is 19.0. The smallest absolute Gasteiger partial charge is 0.454 e. The zero-order valence-corrected chi connectivity index (χ0v) is 25.7. The summed E-state index contributed by atoms with van der Waals surface area (Å²) in [7, 11) is -5.37. The molecule has 0 fully saturated rings. The molecular weight excluding hydrogens is 741 g/mol. The number of rotatable bonds is 19. The van der Waals surface area contributed by atoms with Crippen LogP contribution in [0.2, 0.25) is 32.2 Å². The summed E-state index contributed by atoms with van der Waals surface area (Å²) in [4.78, 5) is 0. The molecule has 278 valence electrons. The zero-order chi connectivity index (χ0) is 37.3. The molecule has 0 rings (SSSR count). The van der Waals surface area contributed by atoms with Gasteiger partial charge in [-0.3, -0.25) is 4.74 Å². The molecule has 0 N–H and O–H groups in total. The summed E-state index contributed by atoms with van der Waals surface area (Å²) in [6.45, 7) is 5.99. The van der Waals surface area contributed by atoms with Gasteiger partial charge in [-0.05, 0) is 32.2 Å². The van der Waals surface area contributed by atoms with Gasteiger partial charge >= 0.3 is 55.0 Å². The van der Waals surface area contributed by atoms with Crippen LogP contribution in [0.5, 0.6) is 0 Å². The molecule has 0 aromatic heterocycles. The molecule has 0 radical (unpaired) electrons. The number of ether oxygens (including phenoxy) is 5. The highest BCUT2D eigenvalue weighted by Gasteiger charge is 2.83. The van der Waals surface area contributed by atoms with Crippen LogP contribution in [0.25, 0.3) is 0 Å². The van der Waals surface area contributed by atoms with E-state index in [1.807, 2.05) is 11.7 Å². The minimum absolute atomic E-state index is 0.618. The molecule has 1 unspecified atom stereocenters. The van der Waals surface area contributed by atoms with Crippen molar-refractivity contribution in [1.29, 1.82) is 0 Å². The van der Waals surface area contributed by atoms with Crippen molar-refractivity contribution in [3.05, 3.63) is 0 Å². The number of hydrogen-bond acceptors (Lipinski definition) is 6. The van der Waals surface area contributed by atoms with E-state index in [0.717, 1.165) is 12.8 Å². The maximum atomic E-state index is 13.8. The van der Waals surface area contributed by atoms with E-state index in [4.69, 9.17) is 4.12 Å². The van der Waals surface area contributed by atoms with Crippen LogP contribution in [-0.2, 0) is 27.8 Å². The molecule has 0 aromatic carbocycles. The summed E-state index contributed by atoms with van der Waals surface area (Å²) in [6.07, 6.45) is -57.8. The quantitative estimate of drug-likeness (QED) is 0.0743. The van der Waals surface area contributed by atoms with Crippen LogP contribution in [0.15, 0.2) is 0 Å². The van der Waals surface area contributed by atoms with E-state index in [0.29, 0.717) is 6.04 Å². The van der Waals surface area contributed by atoms with Gasteiger partial charge in [0.25, 0.3) is 0 Å². The van der Waals surface area contributed by atoms with E-state index in [1.54, 1.807) is 13.1 Å². The first-order valence-corrected chi connectivity index (χ1v) is 18.2. The minimum Gasteiger partial charge on any atom is -0.454 e.